The van der Waals surface area contributed by atoms with Gasteiger partial charge in [0, 0.05) is 18.6 Å². The smallest absolute Gasteiger partial charge is 0.305 e. The van der Waals surface area contributed by atoms with Crippen molar-refractivity contribution in [3.05, 3.63) is 0 Å². The number of nitrogens with one attached hydrogen (secondary N) is 1. The molecule has 0 aromatic carbocycles. The van der Waals surface area contributed by atoms with Gasteiger partial charge in [0.15, 0.2) is 0 Å². The first-order valence-electron chi connectivity index (χ1n) is 7.35. The number of rotatable bonds is 7. The lowest BCUT2D eigenvalue weighted by Gasteiger charge is -2.38. The highest BCUT2D eigenvalue weighted by Gasteiger charge is 2.32. The van der Waals surface area contributed by atoms with Crippen molar-refractivity contribution >= 4 is 11.9 Å². The Morgan fingerprint density at radius 1 is 1.40 bits per heavy atom. The first-order chi connectivity index (χ1) is 9.49. The Labute approximate surface area is 120 Å². The van der Waals surface area contributed by atoms with E-state index in [2.05, 4.69) is 5.32 Å². The quantitative estimate of drug-likeness (QED) is 0.725. The van der Waals surface area contributed by atoms with Gasteiger partial charge in [-0.2, -0.15) is 0 Å². The fraction of sp³-hybridized carbons (Fsp3) is 0.857. The number of carbonyl (C=O) groups excluding carboxylic acids is 1. The van der Waals surface area contributed by atoms with Crippen molar-refractivity contribution in [2.24, 2.45) is 0 Å². The van der Waals surface area contributed by atoms with Crippen LogP contribution in [0.25, 0.3) is 0 Å². The SMILES string of the molecule is CCC(CC)NC(=O)C(C)N1CCOCC1CC(=O)O. The minimum Gasteiger partial charge on any atom is -0.481 e. The predicted octanol–water partition coefficient (Wildman–Crippen LogP) is 0.855. The van der Waals surface area contributed by atoms with Crippen molar-refractivity contribution in [1.82, 2.24) is 10.2 Å². The summed E-state index contributed by atoms with van der Waals surface area (Å²) >= 11 is 0. The third-order valence-electron chi connectivity index (χ3n) is 3.89. The van der Waals surface area contributed by atoms with Crippen LogP contribution in [0.5, 0.6) is 0 Å². The summed E-state index contributed by atoms with van der Waals surface area (Å²) in [4.78, 5) is 25.1. The Kier molecular flexibility index (Phi) is 6.95. The molecule has 1 rings (SSSR count). The maximum atomic E-state index is 12.3. The normalized spacial score (nSPS) is 21.7. The summed E-state index contributed by atoms with van der Waals surface area (Å²) in [5, 5.41) is 12.0. The molecule has 1 amide bonds. The van der Waals surface area contributed by atoms with Gasteiger partial charge in [0.05, 0.1) is 25.7 Å². The van der Waals surface area contributed by atoms with Crippen LogP contribution >= 0.6 is 0 Å². The zero-order chi connectivity index (χ0) is 15.1. The van der Waals surface area contributed by atoms with Gasteiger partial charge in [0.1, 0.15) is 0 Å². The topological polar surface area (TPSA) is 78.9 Å². The molecular formula is C14H26N2O4. The lowest BCUT2D eigenvalue weighted by atomic mass is 10.1. The zero-order valence-corrected chi connectivity index (χ0v) is 12.6. The summed E-state index contributed by atoms with van der Waals surface area (Å²) in [7, 11) is 0. The van der Waals surface area contributed by atoms with E-state index in [0.29, 0.717) is 19.8 Å². The van der Waals surface area contributed by atoms with Crippen LogP contribution in [-0.2, 0) is 14.3 Å². The maximum Gasteiger partial charge on any atom is 0.305 e. The highest BCUT2D eigenvalue weighted by Crippen LogP contribution is 2.15. The van der Waals surface area contributed by atoms with Gasteiger partial charge in [-0.3, -0.25) is 14.5 Å². The molecule has 0 spiro atoms. The monoisotopic (exact) mass is 286 g/mol. The molecule has 0 saturated carbocycles. The molecule has 1 aliphatic rings. The summed E-state index contributed by atoms with van der Waals surface area (Å²) < 4.78 is 5.33. The lowest BCUT2D eigenvalue weighted by molar-refractivity contribution is -0.143. The number of hydrogen-bond acceptors (Lipinski definition) is 4. The van der Waals surface area contributed by atoms with E-state index >= 15 is 0 Å². The van der Waals surface area contributed by atoms with E-state index in [4.69, 9.17) is 9.84 Å². The molecule has 0 bridgehead atoms. The summed E-state index contributed by atoms with van der Waals surface area (Å²) in [5.41, 5.74) is 0. The molecule has 1 saturated heterocycles. The van der Waals surface area contributed by atoms with E-state index < -0.39 is 5.97 Å². The van der Waals surface area contributed by atoms with Crippen molar-refractivity contribution in [3.63, 3.8) is 0 Å². The first kappa shape index (κ1) is 16.9. The number of carboxylic acids is 1. The minimum atomic E-state index is -0.863. The Bertz CT molecular complexity index is 331. The number of nitrogens with zero attached hydrogens (tertiary/aromatic N) is 1. The van der Waals surface area contributed by atoms with E-state index in [1.54, 1.807) is 0 Å². The Morgan fingerprint density at radius 2 is 2.05 bits per heavy atom. The van der Waals surface area contributed by atoms with Crippen molar-refractivity contribution in [2.75, 3.05) is 19.8 Å². The second kappa shape index (κ2) is 8.21. The molecule has 1 heterocycles. The van der Waals surface area contributed by atoms with Gasteiger partial charge in [-0.1, -0.05) is 13.8 Å². The van der Waals surface area contributed by atoms with Crippen LogP contribution in [0.1, 0.15) is 40.0 Å². The number of carboxylic acid groups (broad SMARTS) is 1. The Balaban J connectivity index is 2.63. The molecule has 20 heavy (non-hydrogen) atoms. The van der Waals surface area contributed by atoms with Gasteiger partial charge >= 0.3 is 5.97 Å². The van der Waals surface area contributed by atoms with Gasteiger partial charge < -0.3 is 15.2 Å². The lowest BCUT2D eigenvalue weighted by Crippen LogP contribution is -2.56. The molecule has 1 aliphatic heterocycles. The van der Waals surface area contributed by atoms with Crippen molar-refractivity contribution in [3.8, 4) is 0 Å². The third-order valence-corrected chi connectivity index (χ3v) is 3.89. The van der Waals surface area contributed by atoms with Gasteiger partial charge in [0.25, 0.3) is 0 Å². The van der Waals surface area contributed by atoms with Crippen LogP contribution in [0.2, 0.25) is 0 Å². The van der Waals surface area contributed by atoms with E-state index in [1.807, 2.05) is 25.7 Å². The second-order valence-electron chi connectivity index (χ2n) is 5.26. The summed E-state index contributed by atoms with van der Waals surface area (Å²) in [6, 6.07) is -0.378. The van der Waals surface area contributed by atoms with Crippen molar-refractivity contribution in [2.45, 2.75) is 58.2 Å². The van der Waals surface area contributed by atoms with Gasteiger partial charge in [-0.25, -0.2) is 0 Å². The number of ether oxygens (including phenoxy) is 1. The Morgan fingerprint density at radius 3 is 2.60 bits per heavy atom. The molecule has 6 nitrogen and oxygen atoms in total. The molecule has 0 aromatic heterocycles. The van der Waals surface area contributed by atoms with Crippen LogP contribution < -0.4 is 5.32 Å². The average molecular weight is 286 g/mol. The molecule has 1 fully saturated rings. The van der Waals surface area contributed by atoms with E-state index in [0.717, 1.165) is 12.8 Å². The predicted molar refractivity (Wildman–Crippen MR) is 75.5 cm³/mol. The number of aliphatic carboxylic acids is 1. The van der Waals surface area contributed by atoms with E-state index in [1.165, 1.54) is 0 Å². The highest BCUT2D eigenvalue weighted by atomic mass is 16.5. The summed E-state index contributed by atoms with van der Waals surface area (Å²) in [6.45, 7) is 7.42. The van der Waals surface area contributed by atoms with Gasteiger partial charge in [0.2, 0.25) is 5.91 Å². The second-order valence-corrected chi connectivity index (χ2v) is 5.26. The third kappa shape index (κ3) is 4.76. The first-order valence-corrected chi connectivity index (χ1v) is 7.35. The fourth-order valence-electron chi connectivity index (χ4n) is 2.52. The standard InChI is InChI=1S/C14H26N2O4/c1-4-11(5-2)15-14(19)10(3)16-6-7-20-9-12(16)8-13(17)18/h10-12H,4-9H2,1-3H3,(H,15,19)(H,17,18). The largest absolute Gasteiger partial charge is 0.481 e. The molecule has 6 heteroatoms. The summed E-state index contributed by atoms with van der Waals surface area (Å²) in [5.74, 6) is -0.894. The summed E-state index contributed by atoms with van der Waals surface area (Å²) in [6.07, 6.45) is 1.80. The maximum absolute atomic E-state index is 12.3. The van der Waals surface area contributed by atoms with Gasteiger partial charge in [-0.15, -0.1) is 0 Å². The Hall–Kier alpha value is -1.14. The molecule has 0 radical (unpaired) electrons. The average Bonchev–Trinajstić information content (AvgIpc) is 2.43. The van der Waals surface area contributed by atoms with Crippen molar-refractivity contribution in [1.29, 1.82) is 0 Å². The zero-order valence-electron chi connectivity index (χ0n) is 12.6. The number of amides is 1. The molecular weight excluding hydrogens is 260 g/mol. The van der Waals surface area contributed by atoms with Crippen LogP contribution in [-0.4, -0.2) is 59.8 Å². The molecule has 2 atom stereocenters. The number of hydrogen-bond donors (Lipinski definition) is 2. The molecule has 116 valence electrons. The molecule has 0 aliphatic carbocycles. The molecule has 2 N–H and O–H groups in total. The van der Waals surface area contributed by atoms with Crippen molar-refractivity contribution < 1.29 is 19.4 Å². The van der Waals surface area contributed by atoms with Crippen LogP contribution in [0, 0.1) is 0 Å². The fourth-order valence-corrected chi connectivity index (χ4v) is 2.52. The van der Waals surface area contributed by atoms with Crippen LogP contribution in [0.15, 0.2) is 0 Å². The number of carbonyl (C=O) groups is 2. The van der Waals surface area contributed by atoms with Gasteiger partial charge in [-0.05, 0) is 19.8 Å². The van der Waals surface area contributed by atoms with Crippen LogP contribution in [0.3, 0.4) is 0 Å². The van der Waals surface area contributed by atoms with Crippen LogP contribution in [0.4, 0.5) is 0 Å². The number of morpholine rings is 1. The van der Waals surface area contributed by atoms with E-state index in [9.17, 15) is 9.59 Å². The molecule has 2 unspecified atom stereocenters. The van der Waals surface area contributed by atoms with E-state index in [-0.39, 0.29) is 30.5 Å². The minimum absolute atomic E-state index is 0.00258. The molecule has 0 aromatic rings. The highest BCUT2D eigenvalue weighted by molar-refractivity contribution is 5.81.